The highest BCUT2D eigenvalue weighted by Gasteiger charge is 2.37. The van der Waals surface area contributed by atoms with E-state index < -0.39 is 34.4 Å². The number of ketones is 1. The Labute approximate surface area is 228 Å². The topological polar surface area (TPSA) is 109 Å². The monoisotopic (exact) mass is 547 g/mol. The van der Waals surface area contributed by atoms with Crippen LogP contribution in [-0.4, -0.2) is 49.4 Å². The number of halogens is 2. The van der Waals surface area contributed by atoms with Crippen molar-refractivity contribution in [1.29, 1.82) is 0 Å². The lowest BCUT2D eigenvalue weighted by Gasteiger charge is -2.35. The molecular weight excluding hydrogens is 520 g/mol. The molecule has 3 aliphatic rings. The lowest BCUT2D eigenvalue weighted by molar-refractivity contribution is -0.127. The molecule has 2 aromatic heterocycles. The second-order valence-electron chi connectivity index (χ2n) is 9.70. The Morgan fingerprint density at radius 1 is 1.23 bits per heavy atom. The molecule has 0 aromatic carbocycles. The number of aromatic nitrogens is 3. The van der Waals surface area contributed by atoms with Crippen molar-refractivity contribution < 1.29 is 23.6 Å². The number of hydroxylamine groups is 1. The van der Waals surface area contributed by atoms with Gasteiger partial charge in [0.1, 0.15) is 11.5 Å². The summed E-state index contributed by atoms with van der Waals surface area (Å²) < 4.78 is 31.8. The number of anilines is 1. The van der Waals surface area contributed by atoms with Crippen LogP contribution in [0.25, 0.3) is 11.8 Å². The van der Waals surface area contributed by atoms with Crippen molar-refractivity contribution in [1.82, 2.24) is 19.4 Å². The Balaban J connectivity index is 1.78. The van der Waals surface area contributed by atoms with E-state index in [1.807, 2.05) is 6.92 Å². The molecule has 1 amide bonds. The summed E-state index contributed by atoms with van der Waals surface area (Å²) in [5.41, 5.74) is -0.270. The summed E-state index contributed by atoms with van der Waals surface area (Å²) >= 11 is 0. The van der Waals surface area contributed by atoms with Crippen molar-refractivity contribution in [2.24, 2.45) is 0 Å². The SMILES string of the molecule is C=CC(=O)N1CCC(c2nc(=O)n(-c3c(C)ccnc3CC)c3c2C=C(F)/C(=C2/C(=O)C=CC=C2F)N3O)CC1. The number of nitrogens with zero attached hydrogens (tertiary/aromatic N) is 5. The van der Waals surface area contributed by atoms with E-state index in [2.05, 4.69) is 16.5 Å². The Kier molecular flexibility index (Phi) is 7.16. The molecule has 206 valence electrons. The number of fused-ring (bicyclic) bond motifs is 1. The average molecular weight is 548 g/mol. The first-order chi connectivity index (χ1) is 19.2. The van der Waals surface area contributed by atoms with Crippen molar-refractivity contribution in [3.05, 3.63) is 99.1 Å². The van der Waals surface area contributed by atoms with Crippen molar-refractivity contribution in [2.75, 3.05) is 18.2 Å². The smallest absolute Gasteiger partial charge is 0.339 e. The molecule has 4 heterocycles. The highest BCUT2D eigenvalue weighted by atomic mass is 19.1. The molecule has 2 aromatic rings. The van der Waals surface area contributed by atoms with E-state index in [-0.39, 0.29) is 28.9 Å². The Hall–Kier alpha value is -4.51. The third kappa shape index (κ3) is 4.41. The van der Waals surface area contributed by atoms with Gasteiger partial charge in [0.25, 0.3) is 0 Å². The maximum absolute atomic E-state index is 15.8. The number of aryl methyl sites for hydroxylation is 2. The molecule has 0 unspecified atom stereocenters. The molecule has 0 spiro atoms. The Morgan fingerprint density at radius 2 is 1.95 bits per heavy atom. The number of pyridine rings is 1. The number of carbonyl (C=O) groups excluding carboxylic acids is 2. The van der Waals surface area contributed by atoms with Gasteiger partial charge in [0.2, 0.25) is 5.91 Å². The van der Waals surface area contributed by atoms with Crippen molar-refractivity contribution >= 4 is 23.6 Å². The number of piperidine rings is 1. The maximum Gasteiger partial charge on any atom is 0.354 e. The second kappa shape index (κ2) is 10.6. The van der Waals surface area contributed by atoms with Gasteiger partial charge in [0.05, 0.1) is 22.6 Å². The molecular formula is C29H27F2N5O4. The summed E-state index contributed by atoms with van der Waals surface area (Å²) in [5.74, 6) is -3.66. The molecule has 1 N–H and O–H groups in total. The van der Waals surface area contributed by atoms with Gasteiger partial charge in [-0.3, -0.25) is 19.8 Å². The minimum absolute atomic E-state index is 0.117. The summed E-state index contributed by atoms with van der Waals surface area (Å²) in [7, 11) is 0. The summed E-state index contributed by atoms with van der Waals surface area (Å²) in [5, 5.41) is 11.9. The zero-order valence-corrected chi connectivity index (χ0v) is 22.0. The second-order valence-corrected chi connectivity index (χ2v) is 9.70. The first kappa shape index (κ1) is 27.1. The van der Waals surface area contributed by atoms with Crippen LogP contribution < -0.4 is 10.8 Å². The first-order valence-corrected chi connectivity index (χ1v) is 12.9. The predicted octanol–water partition coefficient (Wildman–Crippen LogP) is 4.16. The number of amides is 1. The van der Waals surface area contributed by atoms with Crippen LogP contribution in [0.15, 0.2) is 70.9 Å². The zero-order valence-electron chi connectivity index (χ0n) is 22.0. The quantitative estimate of drug-likeness (QED) is 0.573. The molecule has 11 heteroatoms. The van der Waals surface area contributed by atoms with E-state index in [4.69, 9.17) is 0 Å². The van der Waals surface area contributed by atoms with E-state index >= 15 is 4.39 Å². The van der Waals surface area contributed by atoms with Gasteiger partial charge < -0.3 is 4.90 Å². The first-order valence-electron chi connectivity index (χ1n) is 12.9. The van der Waals surface area contributed by atoms with Gasteiger partial charge in [0.15, 0.2) is 17.4 Å². The van der Waals surface area contributed by atoms with Gasteiger partial charge >= 0.3 is 5.69 Å². The van der Waals surface area contributed by atoms with Crippen LogP contribution in [-0.2, 0) is 16.0 Å². The van der Waals surface area contributed by atoms with E-state index in [0.717, 1.165) is 22.8 Å². The minimum atomic E-state index is -1.07. The van der Waals surface area contributed by atoms with Crippen LogP contribution in [0.2, 0.25) is 0 Å². The lowest BCUT2D eigenvalue weighted by atomic mass is 9.89. The van der Waals surface area contributed by atoms with Crippen LogP contribution in [0, 0.1) is 6.92 Å². The summed E-state index contributed by atoms with van der Waals surface area (Å²) in [4.78, 5) is 48.8. The van der Waals surface area contributed by atoms with Crippen LogP contribution in [0.5, 0.6) is 0 Å². The van der Waals surface area contributed by atoms with Gasteiger partial charge in [-0.25, -0.2) is 23.2 Å². The zero-order chi connectivity index (χ0) is 28.7. The van der Waals surface area contributed by atoms with E-state index in [1.165, 1.54) is 12.2 Å². The molecule has 0 saturated carbocycles. The molecule has 1 saturated heterocycles. The molecule has 1 fully saturated rings. The third-order valence-electron chi connectivity index (χ3n) is 7.39. The number of likely N-dealkylation sites (tertiary alicyclic amines) is 1. The predicted molar refractivity (Wildman–Crippen MR) is 144 cm³/mol. The number of carbonyl (C=O) groups is 2. The number of hydrogen-bond acceptors (Lipinski definition) is 7. The average Bonchev–Trinajstić information content (AvgIpc) is 2.94. The summed E-state index contributed by atoms with van der Waals surface area (Å²) in [6, 6.07) is 1.69. The highest BCUT2D eigenvalue weighted by molar-refractivity contribution is 6.10. The van der Waals surface area contributed by atoms with Crippen LogP contribution >= 0.6 is 0 Å². The molecule has 0 atom stereocenters. The van der Waals surface area contributed by atoms with E-state index in [9.17, 15) is 24.0 Å². The fourth-order valence-corrected chi connectivity index (χ4v) is 5.43. The standard InChI is InChI=1S/C29H27F2N5O4/c1-4-21-26(16(3)9-12-32-21)35-28-18(15-20(31)27(36(28)40)24-19(30)7-6-8-22(24)37)25(33-29(35)39)17-10-13-34(14-11-17)23(38)5-2/h5-9,12,15,17,40H,2,4,10-11,13-14H2,1,3H3/b27-24-. The summed E-state index contributed by atoms with van der Waals surface area (Å²) in [6.45, 7) is 7.87. The van der Waals surface area contributed by atoms with Gasteiger partial charge in [-0.1, -0.05) is 19.6 Å². The fraction of sp³-hybridized carbons (Fsp3) is 0.276. The molecule has 0 bridgehead atoms. The highest BCUT2D eigenvalue weighted by Crippen LogP contribution is 2.43. The molecule has 1 aliphatic carbocycles. The Morgan fingerprint density at radius 3 is 2.60 bits per heavy atom. The van der Waals surface area contributed by atoms with Gasteiger partial charge in [-0.05, 0) is 62.1 Å². The largest absolute Gasteiger partial charge is 0.354 e. The van der Waals surface area contributed by atoms with Crippen molar-refractivity contribution in [3.8, 4) is 5.69 Å². The van der Waals surface area contributed by atoms with Gasteiger partial charge in [-0.2, -0.15) is 4.98 Å². The number of allylic oxidation sites excluding steroid dienone is 6. The van der Waals surface area contributed by atoms with Crippen molar-refractivity contribution in [3.63, 3.8) is 0 Å². The number of hydrogen-bond donors (Lipinski definition) is 1. The van der Waals surface area contributed by atoms with E-state index in [1.54, 1.807) is 24.1 Å². The minimum Gasteiger partial charge on any atom is -0.339 e. The molecule has 40 heavy (non-hydrogen) atoms. The third-order valence-corrected chi connectivity index (χ3v) is 7.39. The number of rotatable bonds is 4. The molecule has 9 nitrogen and oxygen atoms in total. The van der Waals surface area contributed by atoms with E-state index in [0.29, 0.717) is 54.4 Å². The summed E-state index contributed by atoms with van der Waals surface area (Å²) in [6.07, 6.45) is 8.43. The molecule has 2 aliphatic heterocycles. The van der Waals surface area contributed by atoms with Crippen LogP contribution in [0.4, 0.5) is 14.6 Å². The van der Waals surface area contributed by atoms with Crippen molar-refractivity contribution in [2.45, 2.75) is 39.0 Å². The fourth-order valence-electron chi connectivity index (χ4n) is 5.43. The lowest BCUT2D eigenvalue weighted by Crippen LogP contribution is -2.39. The maximum atomic E-state index is 15.8. The van der Waals surface area contributed by atoms with Gasteiger partial charge in [0, 0.05) is 30.8 Å². The van der Waals surface area contributed by atoms with Crippen LogP contribution in [0.3, 0.4) is 0 Å². The Bertz CT molecular complexity index is 1630. The molecule has 5 rings (SSSR count). The normalized spacial score (nSPS) is 19.4. The molecule has 0 radical (unpaired) electrons. The van der Waals surface area contributed by atoms with Gasteiger partial charge in [-0.15, -0.1) is 0 Å². The van der Waals surface area contributed by atoms with Crippen LogP contribution in [0.1, 0.15) is 48.2 Å².